The Morgan fingerprint density at radius 3 is 2.33 bits per heavy atom. The highest BCUT2D eigenvalue weighted by Crippen LogP contribution is 2.30. The van der Waals surface area contributed by atoms with E-state index in [-0.39, 0.29) is 11.5 Å². The molecule has 0 heterocycles. The smallest absolute Gasteiger partial charge is 0.227 e. The summed E-state index contributed by atoms with van der Waals surface area (Å²) in [5.74, 6) is -0.407. The van der Waals surface area contributed by atoms with E-state index in [1.165, 1.54) is 0 Å². The van der Waals surface area contributed by atoms with Crippen LogP contribution in [0.1, 0.15) is 21.5 Å². The number of rotatable bonds is 1. The normalized spacial score (nSPS) is 14.6. The molecule has 1 aliphatic carbocycles. The molecule has 2 aromatic rings. The first kappa shape index (κ1) is 10.8. The summed E-state index contributed by atoms with van der Waals surface area (Å²) in [7, 11) is 0. The highest BCUT2D eigenvalue weighted by Gasteiger charge is 2.25. The molecule has 0 aliphatic heterocycles. The first-order valence-electron chi connectivity index (χ1n) is 5.87. The Morgan fingerprint density at radius 2 is 1.56 bits per heavy atom. The molecule has 0 atom stereocenters. The minimum Gasteiger partial charge on any atom is -0.504 e. The molecule has 2 aromatic carbocycles. The Bertz CT molecular complexity index is 639. The second-order valence-corrected chi connectivity index (χ2v) is 4.36. The van der Waals surface area contributed by atoms with E-state index in [1.807, 2.05) is 48.5 Å². The van der Waals surface area contributed by atoms with Crippen LogP contribution in [0.3, 0.4) is 0 Å². The van der Waals surface area contributed by atoms with Crippen LogP contribution in [0.25, 0.3) is 5.57 Å². The molecule has 0 unspecified atom stereocenters. The van der Waals surface area contributed by atoms with Crippen LogP contribution in [0.2, 0.25) is 0 Å². The topological polar surface area (TPSA) is 37.3 Å². The van der Waals surface area contributed by atoms with Crippen LogP contribution >= 0.6 is 0 Å². The van der Waals surface area contributed by atoms with Crippen molar-refractivity contribution >= 4 is 11.4 Å². The van der Waals surface area contributed by atoms with Gasteiger partial charge in [-0.05, 0) is 11.1 Å². The third kappa shape index (κ3) is 1.63. The minimum absolute atomic E-state index is 0.125. The monoisotopic (exact) mass is 236 g/mol. The van der Waals surface area contributed by atoms with Gasteiger partial charge in [0.05, 0.1) is 0 Å². The van der Waals surface area contributed by atoms with Gasteiger partial charge in [0.1, 0.15) is 0 Å². The molecule has 0 fully saturated rings. The maximum absolute atomic E-state index is 12.1. The zero-order valence-electron chi connectivity index (χ0n) is 9.76. The summed E-state index contributed by atoms with van der Waals surface area (Å²) in [5.41, 5.74) is 3.19. The van der Waals surface area contributed by atoms with Crippen molar-refractivity contribution in [3.8, 4) is 0 Å². The number of hydrogen-bond acceptors (Lipinski definition) is 2. The van der Waals surface area contributed by atoms with Crippen LogP contribution in [-0.2, 0) is 6.42 Å². The molecular formula is C16H12O2. The standard InChI is InChI=1S/C16H12O2/c17-15-13-9-5-4-8-12(13)10-14(16(15)18)11-6-2-1-3-7-11/h1-9,18H,10H2. The summed E-state index contributed by atoms with van der Waals surface area (Å²) < 4.78 is 0. The van der Waals surface area contributed by atoms with E-state index in [4.69, 9.17) is 0 Å². The van der Waals surface area contributed by atoms with Crippen LogP contribution < -0.4 is 0 Å². The van der Waals surface area contributed by atoms with Gasteiger partial charge in [0.2, 0.25) is 5.78 Å². The maximum Gasteiger partial charge on any atom is 0.227 e. The van der Waals surface area contributed by atoms with Gasteiger partial charge in [-0.25, -0.2) is 0 Å². The van der Waals surface area contributed by atoms with Crippen LogP contribution in [0.4, 0.5) is 0 Å². The average Bonchev–Trinajstić information content (AvgIpc) is 2.44. The second kappa shape index (κ2) is 4.15. The quantitative estimate of drug-likeness (QED) is 0.824. The van der Waals surface area contributed by atoms with Crippen molar-refractivity contribution in [2.75, 3.05) is 0 Å². The number of Topliss-reactive ketones (excluding diaryl/α,β-unsaturated/α-hetero) is 1. The van der Waals surface area contributed by atoms with Crippen molar-refractivity contribution in [3.05, 3.63) is 77.0 Å². The van der Waals surface area contributed by atoms with Gasteiger partial charge in [0, 0.05) is 17.6 Å². The summed E-state index contributed by atoms with van der Waals surface area (Å²) in [6.07, 6.45) is 0.595. The fraction of sp³-hybridized carbons (Fsp3) is 0.0625. The number of fused-ring (bicyclic) bond motifs is 1. The van der Waals surface area contributed by atoms with Crippen LogP contribution in [0, 0.1) is 0 Å². The highest BCUT2D eigenvalue weighted by molar-refractivity contribution is 6.14. The molecule has 0 aromatic heterocycles. The van der Waals surface area contributed by atoms with Crippen molar-refractivity contribution in [1.29, 1.82) is 0 Å². The fourth-order valence-corrected chi connectivity index (χ4v) is 2.31. The van der Waals surface area contributed by atoms with Crippen molar-refractivity contribution in [2.45, 2.75) is 6.42 Å². The molecule has 0 saturated heterocycles. The largest absolute Gasteiger partial charge is 0.504 e. The number of aliphatic hydroxyl groups excluding tert-OH is 1. The van der Waals surface area contributed by atoms with Gasteiger partial charge in [-0.15, -0.1) is 0 Å². The van der Waals surface area contributed by atoms with Gasteiger partial charge in [0.25, 0.3) is 0 Å². The van der Waals surface area contributed by atoms with E-state index in [0.29, 0.717) is 17.6 Å². The Kier molecular flexibility index (Phi) is 2.49. The van der Waals surface area contributed by atoms with E-state index in [1.54, 1.807) is 6.07 Å². The lowest BCUT2D eigenvalue weighted by Crippen LogP contribution is -2.15. The molecule has 0 amide bonds. The predicted octanol–water partition coefficient (Wildman–Crippen LogP) is 3.39. The van der Waals surface area contributed by atoms with Crippen LogP contribution in [0.5, 0.6) is 0 Å². The van der Waals surface area contributed by atoms with E-state index >= 15 is 0 Å². The first-order chi connectivity index (χ1) is 8.77. The Labute approximate surface area is 105 Å². The summed E-state index contributed by atoms with van der Waals surface area (Å²) in [4.78, 5) is 12.1. The van der Waals surface area contributed by atoms with E-state index in [9.17, 15) is 9.90 Å². The molecule has 2 heteroatoms. The molecule has 0 bridgehead atoms. The number of ketones is 1. The maximum atomic E-state index is 12.1. The number of benzene rings is 2. The molecule has 0 saturated carbocycles. The second-order valence-electron chi connectivity index (χ2n) is 4.36. The lowest BCUT2D eigenvalue weighted by Gasteiger charge is -2.18. The fourth-order valence-electron chi connectivity index (χ4n) is 2.31. The van der Waals surface area contributed by atoms with Crippen LogP contribution in [0.15, 0.2) is 60.4 Å². The number of carbonyl (C=O) groups is 1. The Morgan fingerprint density at radius 1 is 0.889 bits per heavy atom. The zero-order chi connectivity index (χ0) is 12.5. The van der Waals surface area contributed by atoms with E-state index < -0.39 is 0 Å². The molecule has 1 aliphatic rings. The number of carbonyl (C=O) groups excluding carboxylic acids is 1. The van der Waals surface area contributed by atoms with Gasteiger partial charge in [-0.2, -0.15) is 0 Å². The van der Waals surface area contributed by atoms with Gasteiger partial charge < -0.3 is 5.11 Å². The predicted molar refractivity (Wildman–Crippen MR) is 70.5 cm³/mol. The Hall–Kier alpha value is -2.35. The number of hydrogen-bond donors (Lipinski definition) is 1. The molecule has 2 nitrogen and oxygen atoms in total. The number of allylic oxidation sites excluding steroid dienone is 2. The van der Waals surface area contributed by atoms with Crippen molar-refractivity contribution < 1.29 is 9.90 Å². The first-order valence-corrected chi connectivity index (χ1v) is 5.87. The molecule has 1 N–H and O–H groups in total. The van der Waals surface area contributed by atoms with Gasteiger partial charge >= 0.3 is 0 Å². The lowest BCUT2D eigenvalue weighted by molar-refractivity contribution is 0.0975. The zero-order valence-corrected chi connectivity index (χ0v) is 9.76. The van der Waals surface area contributed by atoms with E-state index in [2.05, 4.69) is 0 Å². The summed E-state index contributed by atoms with van der Waals surface area (Å²) in [6, 6.07) is 17.0. The van der Waals surface area contributed by atoms with Crippen molar-refractivity contribution in [1.82, 2.24) is 0 Å². The SMILES string of the molecule is O=C1C(O)=C(c2ccccc2)Cc2ccccc21. The van der Waals surface area contributed by atoms with Crippen molar-refractivity contribution in [3.63, 3.8) is 0 Å². The van der Waals surface area contributed by atoms with Gasteiger partial charge in [-0.3, -0.25) is 4.79 Å². The third-order valence-corrected chi connectivity index (χ3v) is 3.25. The third-order valence-electron chi connectivity index (χ3n) is 3.25. The highest BCUT2D eigenvalue weighted by atomic mass is 16.3. The molecular weight excluding hydrogens is 224 g/mol. The summed E-state index contributed by atoms with van der Waals surface area (Å²) in [6.45, 7) is 0. The van der Waals surface area contributed by atoms with E-state index in [0.717, 1.165) is 11.1 Å². The van der Waals surface area contributed by atoms with Crippen molar-refractivity contribution in [2.24, 2.45) is 0 Å². The lowest BCUT2D eigenvalue weighted by atomic mass is 9.86. The van der Waals surface area contributed by atoms with Gasteiger partial charge in [-0.1, -0.05) is 54.6 Å². The van der Waals surface area contributed by atoms with Gasteiger partial charge in [0.15, 0.2) is 5.76 Å². The molecule has 18 heavy (non-hydrogen) atoms. The number of aliphatic hydroxyl groups is 1. The Balaban J connectivity index is 2.14. The van der Waals surface area contributed by atoms with Crippen LogP contribution in [-0.4, -0.2) is 10.9 Å². The summed E-state index contributed by atoms with van der Waals surface area (Å²) in [5, 5.41) is 10.1. The summed E-state index contributed by atoms with van der Waals surface area (Å²) >= 11 is 0. The molecule has 3 rings (SSSR count). The molecule has 0 spiro atoms. The minimum atomic E-state index is -0.282. The average molecular weight is 236 g/mol. The molecule has 0 radical (unpaired) electrons. The molecule has 88 valence electrons.